The van der Waals surface area contributed by atoms with Gasteiger partial charge in [-0.2, -0.15) is 0 Å². The van der Waals surface area contributed by atoms with Crippen molar-refractivity contribution in [1.29, 1.82) is 0 Å². The number of nitro benzene ring substituents is 1. The maximum atomic E-state index is 10.7. The first-order valence-corrected chi connectivity index (χ1v) is 6.66. The van der Waals surface area contributed by atoms with Gasteiger partial charge in [-0.15, -0.1) is 11.6 Å². The number of aromatic nitrogens is 2. The molecule has 1 aliphatic heterocycles. The Morgan fingerprint density at radius 2 is 2.42 bits per heavy atom. The average molecular weight is 281 g/mol. The van der Waals surface area contributed by atoms with Crippen molar-refractivity contribution < 1.29 is 4.92 Å². The van der Waals surface area contributed by atoms with Crippen molar-refractivity contribution in [2.24, 2.45) is 5.92 Å². The van der Waals surface area contributed by atoms with Crippen LogP contribution in [0.5, 0.6) is 0 Å². The maximum Gasteiger partial charge on any atom is 0.271 e. The van der Waals surface area contributed by atoms with Gasteiger partial charge in [-0.1, -0.05) is 0 Å². The largest absolute Gasteiger partial charge is 0.342 e. The molecule has 6 nitrogen and oxygen atoms in total. The third-order valence-corrected chi connectivity index (χ3v) is 3.90. The van der Waals surface area contributed by atoms with Crippen LogP contribution in [0.4, 0.5) is 11.6 Å². The molecule has 100 valence electrons. The lowest BCUT2D eigenvalue weighted by molar-refractivity contribution is -0.384. The number of halogens is 1. The topological polar surface area (TPSA) is 75.1 Å². The van der Waals surface area contributed by atoms with Crippen molar-refractivity contribution in [3.05, 3.63) is 28.3 Å². The van der Waals surface area contributed by atoms with E-state index in [1.54, 1.807) is 6.07 Å². The van der Waals surface area contributed by atoms with E-state index >= 15 is 0 Å². The number of anilines is 1. The van der Waals surface area contributed by atoms with Gasteiger partial charge in [0.15, 0.2) is 0 Å². The molecule has 3 rings (SSSR count). The van der Waals surface area contributed by atoms with Crippen LogP contribution in [0.15, 0.2) is 18.2 Å². The molecule has 0 saturated carbocycles. The number of nitrogens with zero attached hydrogens (tertiary/aromatic N) is 3. The van der Waals surface area contributed by atoms with E-state index in [0.717, 1.165) is 31.0 Å². The van der Waals surface area contributed by atoms with Crippen molar-refractivity contribution in [3.8, 4) is 0 Å². The van der Waals surface area contributed by atoms with Crippen molar-refractivity contribution >= 4 is 34.3 Å². The molecule has 1 unspecified atom stereocenters. The van der Waals surface area contributed by atoms with Crippen LogP contribution in [-0.4, -0.2) is 33.9 Å². The first-order chi connectivity index (χ1) is 9.17. The number of nitrogens with one attached hydrogen (secondary N) is 1. The number of hydrogen-bond acceptors (Lipinski definition) is 4. The minimum atomic E-state index is -0.403. The summed E-state index contributed by atoms with van der Waals surface area (Å²) in [6.45, 7) is 1.80. The summed E-state index contributed by atoms with van der Waals surface area (Å²) in [5.74, 6) is 1.91. The molecule has 0 spiro atoms. The molecule has 0 radical (unpaired) electrons. The predicted octanol–water partition coefficient (Wildman–Crippen LogP) is 2.54. The Kier molecular flexibility index (Phi) is 3.02. The molecule has 1 aromatic carbocycles. The van der Waals surface area contributed by atoms with Gasteiger partial charge in [0.25, 0.3) is 5.69 Å². The van der Waals surface area contributed by atoms with Gasteiger partial charge in [0, 0.05) is 31.1 Å². The van der Waals surface area contributed by atoms with E-state index in [-0.39, 0.29) is 5.69 Å². The standard InChI is InChI=1S/C12H13ClN4O2/c13-6-8-3-4-16(7-8)12-14-10-2-1-9(17(18)19)5-11(10)15-12/h1-2,5,8H,3-4,6-7H2,(H,14,15). The molecule has 1 aromatic heterocycles. The van der Waals surface area contributed by atoms with Gasteiger partial charge in [0.1, 0.15) is 0 Å². The zero-order chi connectivity index (χ0) is 13.4. The molecule has 2 aromatic rings. The Hall–Kier alpha value is -1.82. The minimum Gasteiger partial charge on any atom is -0.342 e. The molecular formula is C12H13ClN4O2. The summed E-state index contributed by atoms with van der Waals surface area (Å²) in [6, 6.07) is 4.65. The van der Waals surface area contributed by atoms with Gasteiger partial charge >= 0.3 is 0 Å². The zero-order valence-electron chi connectivity index (χ0n) is 10.2. The Labute approximate surface area is 114 Å². The van der Waals surface area contributed by atoms with Crippen molar-refractivity contribution in [2.45, 2.75) is 6.42 Å². The molecule has 1 fully saturated rings. The number of nitro groups is 1. The van der Waals surface area contributed by atoms with Crippen LogP contribution in [-0.2, 0) is 0 Å². The Morgan fingerprint density at radius 3 is 3.11 bits per heavy atom. The number of aromatic amines is 1. The van der Waals surface area contributed by atoms with E-state index in [4.69, 9.17) is 11.6 Å². The molecule has 1 N–H and O–H groups in total. The second-order valence-corrected chi connectivity index (χ2v) is 5.08. The molecule has 19 heavy (non-hydrogen) atoms. The van der Waals surface area contributed by atoms with Gasteiger partial charge in [-0.25, -0.2) is 4.98 Å². The number of alkyl halides is 1. The molecule has 2 heterocycles. The van der Waals surface area contributed by atoms with Gasteiger partial charge in [-0.05, 0) is 18.4 Å². The van der Waals surface area contributed by atoms with Crippen LogP contribution in [0.2, 0.25) is 0 Å². The summed E-state index contributed by atoms with van der Waals surface area (Å²) in [5.41, 5.74) is 1.51. The van der Waals surface area contributed by atoms with E-state index in [9.17, 15) is 10.1 Å². The molecule has 1 aliphatic rings. The highest BCUT2D eigenvalue weighted by Crippen LogP contribution is 2.26. The van der Waals surface area contributed by atoms with Crippen molar-refractivity contribution in [3.63, 3.8) is 0 Å². The molecule has 7 heteroatoms. The fourth-order valence-corrected chi connectivity index (χ4v) is 2.65. The van der Waals surface area contributed by atoms with Crippen molar-refractivity contribution in [1.82, 2.24) is 9.97 Å². The number of non-ortho nitro benzene ring substituents is 1. The zero-order valence-corrected chi connectivity index (χ0v) is 10.9. The number of hydrogen-bond donors (Lipinski definition) is 1. The third-order valence-electron chi connectivity index (χ3n) is 3.47. The fourth-order valence-electron chi connectivity index (χ4n) is 2.40. The number of imidazole rings is 1. The average Bonchev–Trinajstić information content (AvgIpc) is 3.03. The Balaban J connectivity index is 1.91. The quantitative estimate of drug-likeness (QED) is 0.532. The highest BCUT2D eigenvalue weighted by atomic mass is 35.5. The van der Waals surface area contributed by atoms with Crippen LogP contribution in [0.1, 0.15) is 6.42 Å². The van der Waals surface area contributed by atoms with E-state index in [1.165, 1.54) is 12.1 Å². The molecule has 1 saturated heterocycles. The Morgan fingerprint density at radius 1 is 1.58 bits per heavy atom. The van der Waals surface area contributed by atoms with Crippen molar-refractivity contribution in [2.75, 3.05) is 23.9 Å². The number of rotatable bonds is 3. The van der Waals surface area contributed by atoms with Gasteiger partial charge in [-0.3, -0.25) is 10.1 Å². The Bertz CT molecular complexity index is 627. The van der Waals surface area contributed by atoms with E-state index in [0.29, 0.717) is 17.3 Å². The molecule has 0 aliphatic carbocycles. The summed E-state index contributed by atoms with van der Waals surface area (Å²) in [4.78, 5) is 20.1. The SMILES string of the molecule is O=[N+]([O-])c1ccc2nc(N3CCC(CCl)C3)[nH]c2c1. The van der Waals surface area contributed by atoms with Gasteiger partial charge < -0.3 is 9.88 Å². The molecular weight excluding hydrogens is 268 g/mol. The second kappa shape index (κ2) is 4.70. The molecule has 0 bridgehead atoms. The lowest BCUT2D eigenvalue weighted by Crippen LogP contribution is -2.21. The summed E-state index contributed by atoms with van der Waals surface area (Å²) >= 11 is 5.86. The lowest BCUT2D eigenvalue weighted by Gasteiger charge is -2.13. The van der Waals surface area contributed by atoms with Crippen LogP contribution < -0.4 is 4.90 Å². The first-order valence-electron chi connectivity index (χ1n) is 6.12. The summed E-state index contributed by atoms with van der Waals surface area (Å²) in [5, 5.41) is 10.7. The van der Waals surface area contributed by atoms with Crippen LogP contribution >= 0.6 is 11.6 Å². The van der Waals surface area contributed by atoms with E-state index < -0.39 is 4.92 Å². The highest BCUT2D eigenvalue weighted by Gasteiger charge is 2.24. The number of benzene rings is 1. The van der Waals surface area contributed by atoms with Crippen LogP contribution in [0.25, 0.3) is 11.0 Å². The van der Waals surface area contributed by atoms with E-state index in [2.05, 4.69) is 14.9 Å². The molecule has 0 amide bonds. The lowest BCUT2D eigenvalue weighted by atomic mass is 10.2. The third kappa shape index (κ3) is 2.23. The van der Waals surface area contributed by atoms with Gasteiger partial charge in [0.2, 0.25) is 5.95 Å². The fraction of sp³-hybridized carbons (Fsp3) is 0.417. The normalized spacial score (nSPS) is 19.2. The number of H-pyrrole nitrogens is 1. The summed E-state index contributed by atoms with van der Waals surface area (Å²) in [6.07, 6.45) is 1.06. The van der Waals surface area contributed by atoms with Crippen LogP contribution in [0, 0.1) is 16.0 Å². The maximum absolute atomic E-state index is 10.7. The number of fused-ring (bicyclic) bond motifs is 1. The van der Waals surface area contributed by atoms with E-state index in [1.807, 2.05) is 0 Å². The van der Waals surface area contributed by atoms with Gasteiger partial charge in [0.05, 0.1) is 16.0 Å². The first kappa shape index (κ1) is 12.2. The summed E-state index contributed by atoms with van der Waals surface area (Å²) < 4.78 is 0. The second-order valence-electron chi connectivity index (χ2n) is 4.77. The highest BCUT2D eigenvalue weighted by molar-refractivity contribution is 6.18. The smallest absolute Gasteiger partial charge is 0.271 e. The molecule has 1 atom stereocenters. The van der Waals surface area contributed by atoms with Crippen LogP contribution in [0.3, 0.4) is 0 Å². The monoisotopic (exact) mass is 280 g/mol. The summed E-state index contributed by atoms with van der Waals surface area (Å²) in [7, 11) is 0. The minimum absolute atomic E-state index is 0.0720. The predicted molar refractivity (Wildman–Crippen MR) is 73.8 cm³/mol.